The van der Waals surface area contributed by atoms with Crippen LogP contribution in [0.4, 0.5) is 8.78 Å². The fourth-order valence-corrected chi connectivity index (χ4v) is 3.03. The topological polar surface area (TPSA) is 55.1 Å². The lowest BCUT2D eigenvalue weighted by molar-refractivity contribution is 0.0865. The highest BCUT2D eigenvalue weighted by Crippen LogP contribution is 2.23. The zero-order valence-electron chi connectivity index (χ0n) is 13.4. The zero-order valence-corrected chi connectivity index (χ0v) is 13.4. The molecule has 0 atom stereocenters. The van der Waals surface area contributed by atoms with Crippen molar-refractivity contribution in [1.82, 2.24) is 20.0 Å². The van der Waals surface area contributed by atoms with Crippen LogP contribution in [0.25, 0.3) is 11.4 Å². The molecule has 0 amide bonds. The molecule has 1 aromatic carbocycles. The number of hydrogen-bond acceptors (Lipinski definition) is 5. The Morgan fingerprint density at radius 1 is 1.16 bits per heavy atom. The predicted octanol–water partition coefficient (Wildman–Crippen LogP) is 3.08. The number of aromatic nitrogens is 3. The summed E-state index contributed by atoms with van der Waals surface area (Å²) in [6, 6.07) is 7.74. The van der Waals surface area contributed by atoms with Gasteiger partial charge in [0.1, 0.15) is 0 Å². The van der Waals surface area contributed by atoms with Crippen molar-refractivity contribution in [3.05, 3.63) is 65.8 Å². The average molecular weight is 342 g/mol. The summed E-state index contributed by atoms with van der Waals surface area (Å²) in [6.07, 6.45) is 4.10. The van der Waals surface area contributed by atoms with Crippen LogP contribution in [0.15, 0.2) is 47.2 Å². The standard InChI is InChI=1S/C18H16F2N4O/c19-15-4-3-12(6-16(15)20)9-24-10-13(11-24)7-17-22-18(23-25-17)14-2-1-5-21-8-14/h1-6,8,13H,7,9-11H2. The molecule has 4 rings (SSSR count). The molecule has 3 aromatic rings. The summed E-state index contributed by atoms with van der Waals surface area (Å²) in [4.78, 5) is 10.6. The highest BCUT2D eigenvalue weighted by molar-refractivity contribution is 5.51. The van der Waals surface area contributed by atoms with Gasteiger partial charge in [-0.2, -0.15) is 4.98 Å². The number of rotatable bonds is 5. The third-order valence-electron chi connectivity index (χ3n) is 4.27. The minimum Gasteiger partial charge on any atom is -0.339 e. The fraction of sp³-hybridized carbons (Fsp3) is 0.278. The fourth-order valence-electron chi connectivity index (χ4n) is 3.03. The van der Waals surface area contributed by atoms with Crippen molar-refractivity contribution < 1.29 is 13.3 Å². The largest absolute Gasteiger partial charge is 0.339 e. The molecular weight excluding hydrogens is 326 g/mol. The van der Waals surface area contributed by atoms with E-state index in [-0.39, 0.29) is 0 Å². The Bertz CT molecular complexity index is 863. The van der Waals surface area contributed by atoms with Crippen LogP contribution < -0.4 is 0 Å². The van der Waals surface area contributed by atoms with E-state index in [0.29, 0.717) is 30.6 Å². The number of pyridine rings is 1. The average Bonchev–Trinajstić information content (AvgIpc) is 3.06. The molecule has 0 bridgehead atoms. The molecule has 7 heteroatoms. The van der Waals surface area contributed by atoms with Gasteiger partial charge in [-0.15, -0.1) is 0 Å². The van der Waals surface area contributed by atoms with E-state index in [4.69, 9.17) is 4.52 Å². The van der Waals surface area contributed by atoms with Gasteiger partial charge in [-0.3, -0.25) is 9.88 Å². The van der Waals surface area contributed by atoms with Crippen LogP contribution in [0.5, 0.6) is 0 Å². The maximum atomic E-state index is 13.2. The molecule has 1 aliphatic rings. The summed E-state index contributed by atoms with van der Waals surface area (Å²) in [6.45, 7) is 2.34. The molecule has 0 spiro atoms. The first-order chi connectivity index (χ1) is 12.2. The quantitative estimate of drug-likeness (QED) is 0.713. The number of benzene rings is 1. The summed E-state index contributed by atoms with van der Waals surface area (Å²) >= 11 is 0. The minimum absolute atomic E-state index is 0.424. The molecule has 5 nitrogen and oxygen atoms in total. The molecular formula is C18H16F2N4O. The van der Waals surface area contributed by atoms with E-state index in [1.807, 2.05) is 12.1 Å². The smallest absolute Gasteiger partial charge is 0.227 e. The number of nitrogens with zero attached hydrogens (tertiary/aromatic N) is 4. The van der Waals surface area contributed by atoms with Crippen LogP contribution in [0, 0.1) is 17.6 Å². The monoisotopic (exact) mass is 342 g/mol. The van der Waals surface area contributed by atoms with Crippen LogP contribution in [0.1, 0.15) is 11.5 Å². The second kappa shape index (κ2) is 6.68. The Morgan fingerprint density at radius 3 is 2.80 bits per heavy atom. The molecule has 128 valence electrons. The van der Waals surface area contributed by atoms with Gasteiger partial charge in [0.15, 0.2) is 11.6 Å². The van der Waals surface area contributed by atoms with E-state index in [9.17, 15) is 8.78 Å². The van der Waals surface area contributed by atoms with Crippen LogP contribution in [0.2, 0.25) is 0 Å². The third kappa shape index (κ3) is 3.56. The second-order valence-electron chi connectivity index (χ2n) is 6.27. The molecule has 1 saturated heterocycles. The Labute approximate surface area is 143 Å². The van der Waals surface area contributed by atoms with Gasteiger partial charge in [0.05, 0.1) is 0 Å². The summed E-state index contributed by atoms with van der Waals surface area (Å²) in [5.41, 5.74) is 1.60. The van der Waals surface area contributed by atoms with Gasteiger partial charge in [-0.1, -0.05) is 11.2 Å². The van der Waals surface area contributed by atoms with E-state index in [1.165, 1.54) is 12.1 Å². The van der Waals surface area contributed by atoms with Gasteiger partial charge in [-0.25, -0.2) is 8.78 Å². The third-order valence-corrected chi connectivity index (χ3v) is 4.27. The van der Waals surface area contributed by atoms with E-state index < -0.39 is 11.6 Å². The summed E-state index contributed by atoms with van der Waals surface area (Å²) in [5, 5.41) is 3.99. The molecule has 0 saturated carbocycles. The lowest BCUT2D eigenvalue weighted by atomic mass is 9.95. The Balaban J connectivity index is 1.30. The van der Waals surface area contributed by atoms with Crippen LogP contribution >= 0.6 is 0 Å². The van der Waals surface area contributed by atoms with E-state index in [2.05, 4.69) is 20.0 Å². The van der Waals surface area contributed by atoms with E-state index in [1.54, 1.807) is 18.5 Å². The Hall–Kier alpha value is -2.67. The summed E-state index contributed by atoms with van der Waals surface area (Å²) in [5.74, 6) is -0.0423. The lowest BCUT2D eigenvalue weighted by Gasteiger charge is -2.38. The molecule has 1 aliphatic heterocycles. The van der Waals surface area contributed by atoms with Crippen LogP contribution in [0.3, 0.4) is 0 Å². The first-order valence-electron chi connectivity index (χ1n) is 8.06. The van der Waals surface area contributed by atoms with Crippen molar-refractivity contribution in [2.45, 2.75) is 13.0 Å². The number of halogens is 2. The molecule has 0 aliphatic carbocycles. The van der Waals surface area contributed by atoms with Crippen LogP contribution in [-0.4, -0.2) is 33.1 Å². The highest BCUT2D eigenvalue weighted by atomic mass is 19.2. The summed E-state index contributed by atoms with van der Waals surface area (Å²) < 4.78 is 31.5. The van der Waals surface area contributed by atoms with Crippen molar-refractivity contribution in [3.8, 4) is 11.4 Å². The lowest BCUT2D eigenvalue weighted by Crippen LogP contribution is -2.46. The highest BCUT2D eigenvalue weighted by Gasteiger charge is 2.28. The van der Waals surface area contributed by atoms with Crippen molar-refractivity contribution in [2.24, 2.45) is 5.92 Å². The van der Waals surface area contributed by atoms with Gasteiger partial charge < -0.3 is 4.52 Å². The van der Waals surface area contributed by atoms with Gasteiger partial charge in [0.25, 0.3) is 0 Å². The van der Waals surface area contributed by atoms with Gasteiger partial charge in [-0.05, 0) is 35.7 Å². The van der Waals surface area contributed by atoms with Gasteiger partial charge in [0, 0.05) is 44.0 Å². The predicted molar refractivity (Wildman–Crippen MR) is 86.4 cm³/mol. The molecule has 0 N–H and O–H groups in total. The second-order valence-corrected chi connectivity index (χ2v) is 6.27. The summed E-state index contributed by atoms with van der Waals surface area (Å²) in [7, 11) is 0. The molecule has 1 fully saturated rings. The minimum atomic E-state index is -0.814. The maximum Gasteiger partial charge on any atom is 0.227 e. The van der Waals surface area contributed by atoms with Crippen molar-refractivity contribution >= 4 is 0 Å². The van der Waals surface area contributed by atoms with E-state index >= 15 is 0 Å². The van der Waals surface area contributed by atoms with Crippen LogP contribution in [-0.2, 0) is 13.0 Å². The molecule has 0 radical (unpaired) electrons. The van der Waals surface area contributed by atoms with E-state index in [0.717, 1.165) is 24.2 Å². The van der Waals surface area contributed by atoms with Gasteiger partial charge >= 0.3 is 0 Å². The van der Waals surface area contributed by atoms with Gasteiger partial charge in [0.2, 0.25) is 11.7 Å². The first kappa shape index (κ1) is 15.8. The zero-order chi connectivity index (χ0) is 17.2. The molecule has 2 aromatic heterocycles. The van der Waals surface area contributed by atoms with Crippen molar-refractivity contribution in [1.29, 1.82) is 0 Å². The Kier molecular flexibility index (Phi) is 4.23. The van der Waals surface area contributed by atoms with Crippen molar-refractivity contribution in [2.75, 3.05) is 13.1 Å². The van der Waals surface area contributed by atoms with Crippen molar-refractivity contribution in [3.63, 3.8) is 0 Å². The maximum absolute atomic E-state index is 13.2. The normalized spacial score (nSPS) is 15.3. The first-order valence-corrected chi connectivity index (χ1v) is 8.06. The number of hydrogen-bond donors (Lipinski definition) is 0. The Morgan fingerprint density at radius 2 is 2.04 bits per heavy atom. The SMILES string of the molecule is Fc1ccc(CN2CC(Cc3nc(-c4cccnc4)no3)C2)cc1F. The number of likely N-dealkylation sites (tertiary alicyclic amines) is 1. The molecule has 25 heavy (non-hydrogen) atoms. The molecule has 3 heterocycles. The molecule has 0 unspecified atom stereocenters.